The van der Waals surface area contributed by atoms with Crippen molar-refractivity contribution in [2.75, 3.05) is 11.5 Å². The zero-order valence-corrected chi connectivity index (χ0v) is 20.1. The first-order chi connectivity index (χ1) is 17.0. The van der Waals surface area contributed by atoms with E-state index in [-0.39, 0.29) is 11.3 Å². The fourth-order valence-electron chi connectivity index (χ4n) is 4.26. The van der Waals surface area contributed by atoms with E-state index in [0.717, 1.165) is 31.2 Å². The van der Waals surface area contributed by atoms with Crippen molar-refractivity contribution in [2.45, 2.75) is 45.6 Å². The Kier molecular flexibility index (Phi) is 7.60. The van der Waals surface area contributed by atoms with Crippen LogP contribution >= 0.6 is 0 Å². The van der Waals surface area contributed by atoms with Crippen LogP contribution in [0.1, 0.15) is 55.8 Å². The number of benzene rings is 2. The molecule has 2 aromatic carbocycles. The number of rotatable bonds is 9. The van der Waals surface area contributed by atoms with Crippen LogP contribution in [0.25, 0.3) is 5.76 Å². The number of carbonyl (C=O) groups is 2. The molecule has 1 aliphatic heterocycles. The Morgan fingerprint density at radius 3 is 2.26 bits per heavy atom. The lowest BCUT2D eigenvalue weighted by Gasteiger charge is -2.25. The second-order valence-corrected chi connectivity index (χ2v) is 8.55. The number of Topliss-reactive ketones (excluding diaryl/α,β-unsaturated/α-hetero) is 1. The van der Waals surface area contributed by atoms with Gasteiger partial charge in [0.05, 0.1) is 18.2 Å². The third kappa shape index (κ3) is 5.11. The van der Waals surface area contributed by atoms with Gasteiger partial charge in [-0.05, 0) is 72.5 Å². The zero-order chi connectivity index (χ0) is 24.8. The number of anilines is 1. The van der Waals surface area contributed by atoms with Crippen LogP contribution in [-0.4, -0.2) is 28.4 Å². The number of ketones is 1. The van der Waals surface area contributed by atoms with Crippen molar-refractivity contribution in [1.29, 1.82) is 0 Å². The third-order valence-corrected chi connectivity index (χ3v) is 6.23. The second kappa shape index (κ2) is 11.0. The molecule has 180 valence electrons. The number of aryl methyl sites for hydroxylation is 1. The predicted molar refractivity (Wildman–Crippen MR) is 136 cm³/mol. The smallest absolute Gasteiger partial charge is 0.300 e. The molecular formula is C29H30N2O4. The summed E-state index contributed by atoms with van der Waals surface area (Å²) in [7, 11) is 0. The number of amides is 1. The zero-order valence-electron chi connectivity index (χ0n) is 20.1. The first-order valence-electron chi connectivity index (χ1n) is 12.1. The van der Waals surface area contributed by atoms with E-state index >= 15 is 0 Å². The van der Waals surface area contributed by atoms with Crippen LogP contribution in [-0.2, 0) is 16.0 Å². The molecule has 3 aromatic rings. The number of carbonyl (C=O) groups excluding carboxylic acids is 2. The number of hydrogen-bond donors (Lipinski definition) is 1. The van der Waals surface area contributed by atoms with Crippen LogP contribution < -0.4 is 9.64 Å². The standard InChI is InChI=1S/C29H30N2O4/c1-3-5-6-19-35-24-13-9-22(10-14-24)27(32)25-26(21-15-17-30-18-16-21)31(29(34)28(25)33)23-11-7-20(4-2)8-12-23/h7-18,26,32H,3-6,19H2,1-2H3/b27-25-. The molecule has 1 amide bonds. The molecule has 0 bridgehead atoms. The topological polar surface area (TPSA) is 79.7 Å². The molecule has 1 atom stereocenters. The van der Waals surface area contributed by atoms with E-state index in [1.807, 2.05) is 24.3 Å². The molecular weight excluding hydrogens is 440 g/mol. The normalized spacial score (nSPS) is 17.1. The van der Waals surface area contributed by atoms with Crippen molar-refractivity contribution >= 4 is 23.1 Å². The first-order valence-corrected chi connectivity index (χ1v) is 12.1. The minimum absolute atomic E-state index is 0.0531. The highest BCUT2D eigenvalue weighted by Crippen LogP contribution is 2.42. The van der Waals surface area contributed by atoms with Gasteiger partial charge in [-0.1, -0.05) is 38.8 Å². The average Bonchev–Trinajstić information content (AvgIpc) is 3.17. The van der Waals surface area contributed by atoms with Crippen LogP contribution in [0.15, 0.2) is 78.6 Å². The molecule has 1 N–H and O–H groups in total. The van der Waals surface area contributed by atoms with Gasteiger partial charge in [0.1, 0.15) is 11.5 Å². The molecule has 0 radical (unpaired) electrons. The van der Waals surface area contributed by atoms with E-state index in [9.17, 15) is 14.7 Å². The van der Waals surface area contributed by atoms with Crippen molar-refractivity contribution in [3.63, 3.8) is 0 Å². The second-order valence-electron chi connectivity index (χ2n) is 8.55. The van der Waals surface area contributed by atoms with Crippen molar-refractivity contribution in [3.8, 4) is 5.75 Å². The van der Waals surface area contributed by atoms with Gasteiger partial charge in [0.15, 0.2) is 0 Å². The first kappa shape index (κ1) is 24.2. The molecule has 1 saturated heterocycles. The Morgan fingerprint density at radius 2 is 1.63 bits per heavy atom. The highest BCUT2D eigenvalue weighted by molar-refractivity contribution is 6.51. The summed E-state index contributed by atoms with van der Waals surface area (Å²) >= 11 is 0. The Hall–Kier alpha value is -3.93. The monoisotopic (exact) mass is 470 g/mol. The highest BCUT2D eigenvalue weighted by Gasteiger charge is 2.46. The predicted octanol–water partition coefficient (Wildman–Crippen LogP) is 5.84. The number of unbranched alkanes of at least 4 members (excludes halogenated alkanes) is 2. The van der Waals surface area contributed by atoms with Crippen LogP contribution in [0.5, 0.6) is 5.75 Å². The van der Waals surface area contributed by atoms with Gasteiger partial charge in [0.25, 0.3) is 11.7 Å². The molecule has 6 heteroatoms. The number of aromatic nitrogens is 1. The van der Waals surface area contributed by atoms with Crippen LogP contribution in [0, 0.1) is 0 Å². The summed E-state index contributed by atoms with van der Waals surface area (Å²) in [4.78, 5) is 32.0. The average molecular weight is 471 g/mol. The Balaban J connectivity index is 1.72. The van der Waals surface area contributed by atoms with E-state index in [4.69, 9.17) is 4.74 Å². The SMILES string of the molecule is CCCCCOc1ccc(/C(O)=C2/C(=O)C(=O)N(c3ccc(CC)cc3)C2c2ccncc2)cc1. The summed E-state index contributed by atoms with van der Waals surface area (Å²) in [5.41, 5.74) is 2.92. The molecule has 2 heterocycles. The van der Waals surface area contributed by atoms with Gasteiger partial charge in [0, 0.05) is 23.6 Å². The molecule has 1 aromatic heterocycles. The lowest BCUT2D eigenvalue weighted by Crippen LogP contribution is -2.29. The molecule has 1 unspecified atom stereocenters. The van der Waals surface area contributed by atoms with Gasteiger partial charge in [0.2, 0.25) is 0 Å². The van der Waals surface area contributed by atoms with Gasteiger partial charge in [-0.15, -0.1) is 0 Å². The maximum absolute atomic E-state index is 13.2. The Morgan fingerprint density at radius 1 is 0.943 bits per heavy atom. The van der Waals surface area contributed by atoms with Crippen molar-refractivity contribution in [3.05, 3.63) is 95.3 Å². The van der Waals surface area contributed by atoms with Crippen molar-refractivity contribution < 1.29 is 19.4 Å². The van der Waals surface area contributed by atoms with Crippen LogP contribution in [0.3, 0.4) is 0 Å². The van der Waals surface area contributed by atoms with Crippen molar-refractivity contribution in [2.24, 2.45) is 0 Å². The quantitative estimate of drug-likeness (QED) is 0.184. The molecule has 4 rings (SSSR count). The number of aliphatic hydroxyl groups is 1. The molecule has 1 fully saturated rings. The minimum Gasteiger partial charge on any atom is -0.507 e. The molecule has 0 aliphatic carbocycles. The summed E-state index contributed by atoms with van der Waals surface area (Å²) in [6, 6.07) is 17.2. The highest BCUT2D eigenvalue weighted by atomic mass is 16.5. The molecule has 35 heavy (non-hydrogen) atoms. The number of aliphatic hydroxyl groups excluding tert-OH is 1. The molecule has 1 aliphatic rings. The number of pyridine rings is 1. The van der Waals surface area contributed by atoms with Gasteiger partial charge in [-0.25, -0.2) is 0 Å². The summed E-state index contributed by atoms with van der Waals surface area (Å²) in [5, 5.41) is 11.2. The third-order valence-electron chi connectivity index (χ3n) is 6.23. The Bertz CT molecular complexity index is 1200. The Labute approximate surface area is 205 Å². The van der Waals surface area contributed by atoms with Gasteiger partial charge < -0.3 is 9.84 Å². The van der Waals surface area contributed by atoms with Gasteiger partial charge >= 0.3 is 0 Å². The van der Waals surface area contributed by atoms with Crippen molar-refractivity contribution in [1.82, 2.24) is 4.98 Å². The fourth-order valence-corrected chi connectivity index (χ4v) is 4.26. The number of nitrogens with zero attached hydrogens (tertiary/aromatic N) is 2. The summed E-state index contributed by atoms with van der Waals surface area (Å²) in [6.07, 6.45) is 7.29. The van der Waals surface area contributed by atoms with E-state index in [0.29, 0.717) is 29.2 Å². The minimum atomic E-state index is -0.768. The molecule has 0 saturated carbocycles. The van der Waals surface area contributed by atoms with Crippen LogP contribution in [0.2, 0.25) is 0 Å². The van der Waals surface area contributed by atoms with E-state index in [2.05, 4.69) is 18.8 Å². The summed E-state index contributed by atoms with van der Waals surface area (Å²) < 4.78 is 5.76. The van der Waals surface area contributed by atoms with E-state index in [1.165, 1.54) is 4.90 Å². The molecule has 0 spiro atoms. The number of ether oxygens (including phenoxy) is 1. The number of hydrogen-bond acceptors (Lipinski definition) is 5. The lowest BCUT2D eigenvalue weighted by atomic mass is 9.95. The maximum Gasteiger partial charge on any atom is 0.300 e. The van der Waals surface area contributed by atoms with Crippen LogP contribution in [0.4, 0.5) is 5.69 Å². The van der Waals surface area contributed by atoms with E-state index < -0.39 is 17.7 Å². The van der Waals surface area contributed by atoms with E-state index in [1.54, 1.807) is 48.8 Å². The summed E-state index contributed by atoms with van der Waals surface area (Å²) in [6.45, 7) is 4.82. The lowest BCUT2D eigenvalue weighted by molar-refractivity contribution is -0.132. The summed E-state index contributed by atoms with van der Waals surface area (Å²) in [5.74, 6) is -0.910. The maximum atomic E-state index is 13.2. The largest absolute Gasteiger partial charge is 0.507 e. The van der Waals surface area contributed by atoms with Gasteiger partial charge in [-0.2, -0.15) is 0 Å². The fraction of sp³-hybridized carbons (Fsp3) is 0.276. The van der Waals surface area contributed by atoms with Gasteiger partial charge in [-0.3, -0.25) is 19.5 Å². The molecule has 6 nitrogen and oxygen atoms in total.